The fourth-order valence-corrected chi connectivity index (χ4v) is 1.65. The summed E-state index contributed by atoms with van der Waals surface area (Å²) in [7, 11) is 0. The lowest BCUT2D eigenvalue weighted by Crippen LogP contribution is -2.41. The molecule has 2 N–H and O–H groups in total. The lowest BCUT2D eigenvalue weighted by molar-refractivity contribution is 0.0300. The number of hydrogen-bond donors (Lipinski definition) is 1. The number of carbonyl (C=O) groups is 1. The molecule has 0 spiro atoms. The molecule has 0 unspecified atom stereocenters. The van der Waals surface area contributed by atoms with Crippen LogP contribution in [-0.4, -0.2) is 37.1 Å². The number of rotatable bonds is 1. The van der Waals surface area contributed by atoms with Crippen molar-refractivity contribution in [1.82, 2.24) is 4.90 Å². The summed E-state index contributed by atoms with van der Waals surface area (Å²) in [6, 6.07) is 4.46. The van der Waals surface area contributed by atoms with Crippen molar-refractivity contribution in [1.29, 1.82) is 0 Å². The van der Waals surface area contributed by atoms with Gasteiger partial charge in [-0.15, -0.1) is 0 Å². The van der Waals surface area contributed by atoms with E-state index in [4.69, 9.17) is 10.5 Å². The molecule has 0 bridgehead atoms. The molecule has 0 radical (unpaired) electrons. The first kappa shape index (κ1) is 10.9. The second-order valence-corrected chi connectivity index (χ2v) is 3.61. The minimum atomic E-state index is -0.640. The summed E-state index contributed by atoms with van der Waals surface area (Å²) in [4.78, 5) is 13.5. The molecule has 0 atom stereocenters. The second kappa shape index (κ2) is 4.49. The fourth-order valence-electron chi connectivity index (χ4n) is 1.65. The van der Waals surface area contributed by atoms with Crippen LogP contribution in [0.25, 0.3) is 0 Å². The summed E-state index contributed by atoms with van der Waals surface area (Å²) < 4.78 is 18.7. The summed E-state index contributed by atoms with van der Waals surface area (Å²) >= 11 is 0. The maximum atomic E-state index is 13.6. The Bertz CT molecular complexity index is 403. The predicted molar refractivity (Wildman–Crippen MR) is 57.5 cm³/mol. The zero-order valence-electron chi connectivity index (χ0n) is 8.78. The Balaban J connectivity index is 2.22. The summed E-state index contributed by atoms with van der Waals surface area (Å²) in [5, 5.41) is 0. The summed E-state index contributed by atoms with van der Waals surface area (Å²) in [6.45, 7) is 1.98. The highest BCUT2D eigenvalue weighted by atomic mass is 19.1. The third-order valence-corrected chi connectivity index (χ3v) is 2.56. The van der Waals surface area contributed by atoms with Crippen molar-refractivity contribution in [3.8, 4) is 0 Å². The Morgan fingerprint density at radius 2 is 2.06 bits per heavy atom. The highest BCUT2D eigenvalue weighted by molar-refractivity contribution is 5.95. The Morgan fingerprint density at radius 3 is 2.75 bits per heavy atom. The van der Waals surface area contributed by atoms with E-state index in [1.54, 1.807) is 11.0 Å². The van der Waals surface area contributed by atoms with Crippen LogP contribution in [0.1, 0.15) is 10.4 Å². The Labute approximate surface area is 92.8 Å². The van der Waals surface area contributed by atoms with E-state index in [0.29, 0.717) is 26.3 Å². The Hall–Kier alpha value is -1.62. The van der Waals surface area contributed by atoms with Gasteiger partial charge in [-0.3, -0.25) is 4.79 Å². The topological polar surface area (TPSA) is 55.6 Å². The van der Waals surface area contributed by atoms with Crippen molar-refractivity contribution in [2.24, 2.45) is 0 Å². The van der Waals surface area contributed by atoms with E-state index in [1.807, 2.05) is 0 Å². The van der Waals surface area contributed by atoms with Crippen molar-refractivity contribution in [3.05, 3.63) is 29.6 Å². The monoisotopic (exact) mass is 224 g/mol. The highest BCUT2D eigenvalue weighted by Gasteiger charge is 2.21. The first-order valence-electron chi connectivity index (χ1n) is 5.11. The van der Waals surface area contributed by atoms with Gasteiger partial charge in [-0.2, -0.15) is 0 Å². The lowest BCUT2D eigenvalue weighted by Gasteiger charge is -2.27. The fraction of sp³-hybridized carbons (Fsp3) is 0.364. The number of nitrogen functional groups attached to an aromatic ring is 1. The van der Waals surface area contributed by atoms with Gasteiger partial charge in [0.25, 0.3) is 5.91 Å². The van der Waals surface area contributed by atoms with Gasteiger partial charge < -0.3 is 15.4 Å². The number of carbonyl (C=O) groups excluding carboxylic acids is 1. The first-order chi connectivity index (χ1) is 7.70. The average molecular weight is 224 g/mol. The summed E-state index contributed by atoms with van der Waals surface area (Å²) in [6.07, 6.45) is 0. The van der Waals surface area contributed by atoms with E-state index in [9.17, 15) is 9.18 Å². The van der Waals surface area contributed by atoms with Crippen molar-refractivity contribution in [2.45, 2.75) is 0 Å². The highest BCUT2D eigenvalue weighted by Crippen LogP contribution is 2.17. The SMILES string of the molecule is Nc1cccc(C(=O)N2CCOCC2)c1F. The molecule has 0 aliphatic carbocycles. The van der Waals surface area contributed by atoms with Gasteiger partial charge in [-0.25, -0.2) is 4.39 Å². The minimum Gasteiger partial charge on any atom is -0.396 e. The van der Waals surface area contributed by atoms with Gasteiger partial charge in [0.1, 0.15) is 0 Å². The summed E-state index contributed by atoms with van der Waals surface area (Å²) in [5.74, 6) is -0.966. The van der Waals surface area contributed by atoms with E-state index in [0.717, 1.165) is 0 Å². The molecule has 1 aliphatic rings. The van der Waals surface area contributed by atoms with Crippen molar-refractivity contribution >= 4 is 11.6 Å². The molecule has 1 aromatic carbocycles. The second-order valence-electron chi connectivity index (χ2n) is 3.61. The number of morpholine rings is 1. The molecular weight excluding hydrogens is 211 g/mol. The molecule has 16 heavy (non-hydrogen) atoms. The van der Waals surface area contributed by atoms with Gasteiger partial charge in [-0.1, -0.05) is 6.07 Å². The molecule has 0 saturated carbocycles. The zero-order chi connectivity index (χ0) is 11.5. The Kier molecular flexibility index (Phi) is 3.05. The van der Waals surface area contributed by atoms with Crippen LogP contribution in [0, 0.1) is 5.82 Å². The van der Waals surface area contributed by atoms with E-state index >= 15 is 0 Å². The molecule has 1 amide bonds. The van der Waals surface area contributed by atoms with Crippen LogP contribution in [0.5, 0.6) is 0 Å². The molecule has 86 valence electrons. The smallest absolute Gasteiger partial charge is 0.257 e. The molecule has 4 nitrogen and oxygen atoms in total. The molecule has 1 fully saturated rings. The van der Waals surface area contributed by atoms with Crippen molar-refractivity contribution in [2.75, 3.05) is 32.0 Å². The molecule has 0 aromatic heterocycles. The maximum Gasteiger partial charge on any atom is 0.257 e. The number of amides is 1. The predicted octanol–water partition coefficient (Wildman–Crippen LogP) is 0.880. The molecule has 1 aliphatic heterocycles. The standard InChI is InChI=1S/C11H13FN2O2/c12-10-8(2-1-3-9(10)13)11(15)14-4-6-16-7-5-14/h1-3H,4-7,13H2. The molecule has 1 saturated heterocycles. The van der Waals surface area contributed by atoms with Crippen LogP contribution in [0.3, 0.4) is 0 Å². The zero-order valence-corrected chi connectivity index (χ0v) is 8.78. The van der Waals surface area contributed by atoms with Crippen molar-refractivity contribution < 1.29 is 13.9 Å². The van der Waals surface area contributed by atoms with Crippen LogP contribution in [0.2, 0.25) is 0 Å². The van der Waals surface area contributed by atoms with Crippen LogP contribution in [0.4, 0.5) is 10.1 Å². The normalized spacial score (nSPS) is 16.2. The first-order valence-corrected chi connectivity index (χ1v) is 5.11. The van der Waals surface area contributed by atoms with Gasteiger partial charge in [0.05, 0.1) is 24.5 Å². The van der Waals surface area contributed by atoms with Crippen LogP contribution in [0.15, 0.2) is 18.2 Å². The van der Waals surface area contributed by atoms with Crippen LogP contribution >= 0.6 is 0 Å². The van der Waals surface area contributed by atoms with Gasteiger partial charge in [0, 0.05) is 13.1 Å². The van der Waals surface area contributed by atoms with Gasteiger partial charge in [0.2, 0.25) is 0 Å². The maximum absolute atomic E-state index is 13.6. The molecule has 1 aromatic rings. The minimum absolute atomic E-state index is 0.000825. The molecule has 1 heterocycles. The number of ether oxygens (including phenoxy) is 1. The van der Waals surface area contributed by atoms with Gasteiger partial charge >= 0.3 is 0 Å². The Morgan fingerprint density at radius 1 is 1.38 bits per heavy atom. The summed E-state index contributed by atoms with van der Waals surface area (Å²) in [5.41, 5.74) is 5.45. The van der Waals surface area contributed by atoms with Crippen molar-refractivity contribution in [3.63, 3.8) is 0 Å². The molecule has 5 heteroatoms. The van der Waals surface area contributed by atoms with Crippen LogP contribution < -0.4 is 5.73 Å². The molecular formula is C11H13FN2O2. The number of hydrogen-bond acceptors (Lipinski definition) is 3. The van der Waals surface area contributed by atoms with E-state index in [2.05, 4.69) is 0 Å². The average Bonchev–Trinajstić information content (AvgIpc) is 2.33. The van der Waals surface area contributed by atoms with Crippen LogP contribution in [-0.2, 0) is 4.74 Å². The quantitative estimate of drug-likeness (QED) is 0.720. The van der Waals surface area contributed by atoms with Gasteiger partial charge in [-0.05, 0) is 12.1 Å². The third-order valence-electron chi connectivity index (χ3n) is 2.56. The largest absolute Gasteiger partial charge is 0.396 e. The number of benzene rings is 1. The number of nitrogens with two attached hydrogens (primary N) is 1. The van der Waals surface area contributed by atoms with E-state index < -0.39 is 5.82 Å². The number of nitrogens with zero attached hydrogens (tertiary/aromatic N) is 1. The van der Waals surface area contributed by atoms with E-state index in [-0.39, 0.29) is 17.2 Å². The van der Waals surface area contributed by atoms with Gasteiger partial charge in [0.15, 0.2) is 5.82 Å². The number of anilines is 1. The lowest BCUT2D eigenvalue weighted by atomic mass is 10.1. The molecule has 2 rings (SSSR count). The van der Waals surface area contributed by atoms with E-state index in [1.165, 1.54) is 12.1 Å². The third kappa shape index (κ3) is 1.99. The number of halogens is 1.